The number of ether oxygens (including phenoxy) is 10. The van der Waals surface area contributed by atoms with Crippen molar-refractivity contribution in [3.8, 4) is 0 Å². The average Bonchev–Trinajstić information content (AvgIpc) is 3.12. The summed E-state index contributed by atoms with van der Waals surface area (Å²) in [7, 11) is 1.84. The van der Waals surface area contributed by atoms with Gasteiger partial charge in [-0.1, -0.05) is 0 Å². The summed E-state index contributed by atoms with van der Waals surface area (Å²) in [5.74, 6) is -1.16. The summed E-state index contributed by atoms with van der Waals surface area (Å²) in [6.45, 7) is 7.74. The Bertz CT molecular complexity index is 904. The zero-order chi connectivity index (χ0) is 38.2. The van der Waals surface area contributed by atoms with Crippen LogP contribution in [0.25, 0.3) is 0 Å². The van der Waals surface area contributed by atoms with Crippen molar-refractivity contribution in [2.24, 2.45) is 0 Å². The summed E-state index contributed by atoms with van der Waals surface area (Å²) in [5.41, 5.74) is 0. The molecule has 20 heteroatoms. The van der Waals surface area contributed by atoms with E-state index in [-0.39, 0.29) is 115 Å². The van der Waals surface area contributed by atoms with Crippen LogP contribution in [0, 0.1) is 0 Å². The van der Waals surface area contributed by atoms with E-state index in [4.69, 9.17) is 47.4 Å². The van der Waals surface area contributed by atoms with E-state index in [1.165, 1.54) is 6.92 Å². The van der Waals surface area contributed by atoms with Gasteiger partial charge in [0.1, 0.15) is 33.0 Å². The molecule has 0 bridgehead atoms. The lowest BCUT2D eigenvalue weighted by Crippen LogP contribution is -2.32. The van der Waals surface area contributed by atoms with E-state index < -0.39 is 0 Å². The number of rotatable bonds is 40. The number of nitrogens with one attached hydrogen (secondary N) is 5. The van der Waals surface area contributed by atoms with Gasteiger partial charge >= 0.3 is 0 Å². The third kappa shape index (κ3) is 39.9. The highest BCUT2D eigenvalue weighted by atomic mass is 16.5. The first-order valence-corrected chi connectivity index (χ1v) is 17.3. The third-order valence-electron chi connectivity index (χ3n) is 5.87. The molecule has 0 aliphatic rings. The summed E-state index contributed by atoms with van der Waals surface area (Å²) in [4.78, 5) is 57.7. The Kier molecular flexibility index (Phi) is 37.1. The Balaban J connectivity index is 3.36. The van der Waals surface area contributed by atoms with Gasteiger partial charge in [-0.25, -0.2) is 0 Å². The molecule has 0 spiro atoms. The lowest BCUT2D eigenvalue weighted by atomic mass is 10.5. The molecule has 0 fully saturated rings. The van der Waals surface area contributed by atoms with E-state index in [1.54, 1.807) is 0 Å². The smallest absolute Gasteiger partial charge is 0.246 e. The Morgan fingerprint density at radius 2 is 0.558 bits per heavy atom. The van der Waals surface area contributed by atoms with Crippen molar-refractivity contribution in [1.82, 2.24) is 26.6 Å². The van der Waals surface area contributed by atoms with Crippen LogP contribution in [0.5, 0.6) is 0 Å². The Labute approximate surface area is 306 Å². The second kappa shape index (κ2) is 39.3. The molecule has 0 aromatic carbocycles. The monoisotopic (exact) mass is 755 g/mol. The molecule has 0 atom stereocenters. The quantitative estimate of drug-likeness (QED) is 0.0380. The minimum atomic E-state index is -0.299. The van der Waals surface area contributed by atoms with Gasteiger partial charge in [-0.05, 0) is 14.0 Å². The normalized spacial score (nSPS) is 11.0. The van der Waals surface area contributed by atoms with E-state index in [9.17, 15) is 24.0 Å². The van der Waals surface area contributed by atoms with E-state index in [1.807, 2.05) is 7.05 Å². The molecule has 0 rings (SSSR count). The van der Waals surface area contributed by atoms with Gasteiger partial charge in [-0.3, -0.25) is 24.0 Å². The second-order valence-electron chi connectivity index (χ2n) is 10.5. The molecule has 52 heavy (non-hydrogen) atoms. The van der Waals surface area contributed by atoms with E-state index >= 15 is 0 Å². The van der Waals surface area contributed by atoms with Gasteiger partial charge in [0.2, 0.25) is 23.6 Å². The summed E-state index contributed by atoms with van der Waals surface area (Å²) in [6, 6.07) is 0. The zero-order valence-electron chi connectivity index (χ0n) is 30.8. The maximum atomic E-state index is 11.8. The van der Waals surface area contributed by atoms with Crippen molar-refractivity contribution < 1.29 is 71.3 Å². The zero-order valence-corrected chi connectivity index (χ0v) is 30.8. The molecule has 0 unspecified atom stereocenters. The maximum absolute atomic E-state index is 11.8. The van der Waals surface area contributed by atoms with Crippen LogP contribution in [-0.2, 0) is 71.3 Å². The van der Waals surface area contributed by atoms with E-state index in [0.717, 1.165) is 6.54 Å². The molecule has 0 heterocycles. The average molecular weight is 756 g/mol. The van der Waals surface area contributed by atoms with Gasteiger partial charge in [-0.2, -0.15) is 0 Å². The Morgan fingerprint density at radius 3 is 0.808 bits per heavy atom. The standard InChI is InChI=1S/C32H61N5O15/c1-28(38)23-48-18-13-44-9-4-34-30(40)25-50-20-15-46-11-6-36-32(42)27-52-22-17-47-12-7-37-31(41)26-51-21-16-45-10-5-35-29(39)24-49-19-14-43-8-3-33-2/h33H,3-27H2,1-2H3,(H,34,40)(H,35,39)(H,36,42)(H,37,41). The second-order valence-corrected chi connectivity index (χ2v) is 10.5. The van der Waals surface area contributed by atoms with Crippen molar-refractivity contribution >= 4 is 29.4 Å². The Morgan fingerprint density at radius 1 is 0.327 bits per heavy atom. The summed E-state index contributed by atoms with van der Waals surface area (Å²) in [5, 5.41) is 13.6. The molecular weight excluding hydrogens is 694 g/mol. The van der Waals surface area contributed by atoms with Crippen LogP contribution in [0.1, 0.15) is 6.92 Å². The molecule has 0 aromatic heterocycles. The summed E-state index contributed by atoms with van der Waals surface area (Å²) >= 11 is 0. The van der Waals surface area contributed by atoms with Crippen molar-refractivity contribution in [2.45, 2.75) is 6.92 Å². The van der Waals surface area contributed by atoms with Crippen molar-refractivity contribution in [2.75, 3.05) is 172 Å². The predicted octanol–water partition coefficient (Wildman–Crippen LogP) is -3.57. The molecule has 5 N–H and O–H groups in total. The number of carbonyl (C=O) groups is 5. The first kappa shape index (κ1) is 49.1. The van der Waals surface area contributed by atoms with Crippen LogP contribution in [0.3, 0.4) is 0 Å². The van der Waals surface area contributed by atoms with Gasteiger partial charge in [0, 0.05) is 32.7 Å². The SMILES string of the molecule is CNCCOCCOCC(=O)NCCOCCOCC(=O)NCCOCCOCC(=O)NCCOCCOCC(=O)NCCOCCOCC(C)=O. The highest BCUT2D eigenvalue weighted by Crippen LogP contribution is 1.85. The summed E-state index contributed by atoms with van der Waals surface area (Å²) in [6.07, 6.45) is 0. The molecule has 0 saturated carbocycles. The van der Waals surface area contributed by atoms with Crippen molar-refractivity contribution in [1.29, 1.82) is 0 Å². The number of likely N-dealkylation sites (N-methyl/N-ethyl adjacent to an activating group) is 1. The molecule has 4 amide bonds. The maximum Gasteiger partial charge on any atom is 0.246 e. The van der Waals surface area contributed by atoms with Gasteiger partial charge in [0.15, 0.2) is 5.78 Å². The first-order valence-electron chi connectivity index (χ1n) is 17.3. The van der Waals surface area contributed by atoms with Crippen LogP contribution in [0.4, 0.5) is 0 Å². The largest absolute Gasteiger partial charge is 0.378 e. The minimum absolute atomic E-state index is 0.0437. The van der Waals surface area contributed by atoms with Gasteiger partial charge in [-0.15, -0.1) is 0 Å². The number of ketones is 1. The fourth-order valence-corrected chi connectivity index (χ4v) is 3.40. The first-order chi connectivity index (χ1) is 25.3. The van der Waals surface area contributed by atoms with Crippen LogP contribution in [0.15, 0.2) is 0 Å². The molecule has 0 saturated heterocycles. The van der Waals surface area contributed by atoms with Gasteiger partial charge in [0.05, 0.1) is 99.1 Å². The van der Waals surface area contributed by atoms with E-state index in [2.05, 4.69) is 26.6 Å². The highest BCUT2D eigenvalue weighted by molar-refractivity contribution is 5.78. The number of Topliss-reactive ketones (excluding diaryl/α,β-unsaturated/α-hetero) is 1. The molecule has 0 aromatic rings. The van der Waals surface area contributed by atoms with Gasteiger partial charge in [0.25, 0.3) is 0 Å². The molecular formula is C32H61N5O15. The van der Waals surface area contributed by atoms with Crippen LogP contribution in [-0.4, -0.2) is 201 Å². The fraction of sp³-hybridized carbons (Fsp3) is 0.844. The van der Waals surface area contributed by atoms with Crippen molar-refractivity contribution in [3.05, 3.63) is 0 Å². The van der Waals surface area contributed by atoms with Crippen LogP contribution >= 0.6 is 0 Å². The molecule has 0 radical (unpaired) electrons. The fourth-order valence-electron chi connectivity index (χ4n) is 3.40. The lowest BCUT2D eigenvalue weighted by Gasteiger charge is -2.09. The van der Waals surface area contributed by atoms with Crippen molar-refractivity contribution in [3.63, 3.8) is 0 Å². The van der Waals surface area contributed by atoms with E-state index in [0.29, 0.717) is 72.4 Å². The molecule has 0 aliphatic heterocycles. The van der Waals surface area contributed by atoms with Crippen LogP contribution < -0.4 is 26.6 Å². The number of amides is 4. The van der Waals surface area contributed by atoms with Crippen LogP contribution in [0.2, 0.25) is 0 Å². The topological polar surface area (TPSA) is 238 Å². The van der Waals surface area contributed by atoms with Gasteiger partial charge < -0.3 is 74.0 Å². The minimum Gasteiger partial charge on any atom is -0.378 e. The third-order valence-corrected chi connectivity index (χ3v) is 5.87. The number of carbonyl (C=O) groups excluding carboxylic acids is 5. The summed E-state index contributed by atoms with van der Waals surface area (Å²) < 4.78 is 52.6. The lowest BCUT2D eigenvalue weighted by molar-refractivity contribution is -0.128. The highest BCUT2D eigenvalue weighted by Gasteiger charge is 2.05. The number of hydrogen-bond donors (Lipinski definition) is 5. The molecule has 20 nitrogen and oxygen atoms in total. The predicted molar refractivity (Wildman–Crippen MR) is 185 cm³/mol. The molecule has 304 valence electrons. The number of hydrogen-bond acceptors (Lipinski definition) is 16. The Hall–Kier alpha value is -2.89. The molecule has 0 aliphatic carbocycles.